The van der Waals surface area contributed by atoms with Gasteiger partial charge in [-0.2, -0.15) is 5.10 Å². The molecule has 1 unspecified atom stereocenters. The molecule has 6 nitrogen and oxygen atoms in total. The lowest BCUT2D eigenvalue weighted by Gasteiger charge is -2.25. The fourth-order valence-corrected chi connectivity index (χ4v) is 3.21. The van der Waals surface area contributed by atoms with E-state index in [1.54, 1.807) is 17.9 Å². The van der Waals surface area contributed by atoms with Gasteiger partial charge in [0, 0.05) is 38.9 Å². The quantitative estimate of drug-likeness (QED) is 0.792. The van der Waals surface area contributed by atoms with E-state index in [1.807, 2.05) is 4.90 Å². The molecule has 0 spiro atoms. The van der Waals surface area contributed by atoms with E-state index in [-0.39, 0.29) is 5.91 Å². The van der Waals surface area contributed by atoms with Crippen molar-refractivity contribution in [2.45, 2.75) is 25.3 Å². The standard InChI is InChI=1S/C13H21N5O/c1-16-9-11(14)12(15-16)13(19)18-7-3-6-17-5-2-4-10(17)8-18/h9-10H,2-8,14H2,1H3. The zero-order valence-corrected chi connectivity index (χ0v) is 11.4. The molecule has 19 heavy (non-hydrogen) atoms. The van der Waals surface area contributed by atoms with Crippen LogP contribution in [-0.4, -0.2) is 57.7 Å². The molecule has 2 N–H and O–H groups in total. The maximum absolute atomic E-state index is 12.5. The predicted octanol–water partition coefficient (Wildman–Crippen LogP) is 0.313. The highest BCUT2D eigenvalue weighted by molar-refractivity contribution is 5.97. The van der Waals surface area contributed by atoms with Crippen LogP contribution < -0.4 is 5.73 Å². The summed E-state index contributed by atoms with van der Waals surface area (Å²) in [5, 5.41) is 4.19. The molecule has 0 saturated carbocycles. The van der Waals surface area contributed by atoms with E-state index in [2.05, 4.69) is 10.00 Å². The number of carbonyl (C=O) groups excluding carboxylic acids is 1. The zero-order valence-electron chi connectivity index (χ0n) is 11.4. The first kappa shape index (κ1) is 12.5. The van der Waals surface area contributed by atoms with Crippen LogP contribution in [-0.2, 0) is 7.05 Å². The van der Waals surface area contributed by atoms with Crippen LogP contribution in [0.4, 0.5) is 5.69 Å². The Morgan fingerprint density at radius 3 is 2.89 bits per heavy atom. The maximum Gasteiger partial charge on any atom is 0.276 e. The van der Waals surface area contributed by atoms with Crippen molar-refractivity contribution in [3.8, 4) is 0 Å². The second-order valence-electron chi connectivity index (χ2n) is 5.54. The third-order valence-electron chi connectivity index (χ3n) is 4.15. The van der Waals surface area contributed by atoms with Crippen molar-refractivity contribution in [1.82, 2.24) is 19.6 Å². The third-order valence-corrected chi connectivity index (χ3v) is 4.15. The molecule has 1 aromatic heterocycles. The normalized spacial score (nSPS) is 24.3. The smallest absolute Gasteiger partial charge is 0.276 e. The van der Waals surface area contributed by atoms with Crippen LogP contribution in [0.1, 0.15) is 29.8 Å². The number of nitrogen functional groups attached to an aromatic ring is 1. The summed E-state index contributed by atoms with van der Waals surface area (Å²) in [6, 6.07) is 0.524. The highest BCUT2D eigenvalue weighted by Crippen LogP contribution is 2.22. The predicted molar refractivity (Wildman–Crippen MR) is 72.7 cm³/mol. The molecule has 1 atom stereocenters. The van der Waals surface area contributed by atoms with E-state index < -0.39 is 0 Å². The number of amides is 1. The topological polar surface area (TPSA) is 67.4 Å². The Morgan fingerprint density at radius 1 is 1.37 bits per heavy atom. The summed E-state index contributed by atoms with van der Waals surface area (Å²) >= 11 is 0. The van der Waals surface area contributed by atoms with Crippen LogP contribution in [0.2, 0.25) is 0 Å². The summed E-state index contributed by atoms with van der Waals surface area (Å²) in [7, 11) is 1.79. The Morgan fingerprint density at radius 2 is 2.16 bits per heavy atom. The van der Waals surface area contributed by atoms with Crippen molar-refractivity contribution in [3.05, 3.63) is 11.9 Å². The Kier molecular flexibility index (Phi) is 3.18. The van der Waals surface area contributed by atoms with Gasteiger partial charge in [0.05, 0.1) is 5.69 Å². The van der Waals surface area contributed by atoms with Crippen LogP contribution in [0.3, 0.4) is 0 Å². The molecule has 0 aromatic carbocycles. The highest BCUT2D eigenvalue weighted by atomic mass is 16.2. The van der Waals surface area contributed by atoms with Gasteiger partial charge in [0.1, 0.15) is 0 Å². The Hall–Kier alpha value is -1.56. The van der Waals surface area contributed by atoms with Gasteiger partial charge >= 0.3 is 0 Å². The maximum atomic E-state index is 12.5. The van der Waals surface area contributed by atoms with Crippen molar-refractivity contribution in [1.29, 1.82) is 0 Å². The van der Waals surface area contributed by atoms with Crippen LogP contribution in [0.5, 0.6) is 0 Å². The number of hydrogen-bond donors (Lipinski definition) is 1. The third kappa shape index (κ3) is 2.32. The largest absolute Gasteiger partial charge is 0.396 e. The minimum atomic E-state index is -0.0214. The lowest BCUT2D eigenvalue weighted by atomic mass is 10.2. The summed E-state index contributed by atoms with van der Waals surface area (Å²) < 4.78 is 1.60. The molecule has 1 aromatic rings. The monoisotopic (exact) mass is 263 g/mol. The zero-order chi connectivity index (χ0) is 13.4. The highest BCUT2D eigenvalue weighted by Gasteiger charge is 2.32. The number of carbonyl (C=O) groups is 1. The van der Waals surface area contributed by atoms with Gasteiger partial charge in [-0.1, -0.05) is 0 Å². The lowest BCUT2D eigenvalue weighted by Crippen LogP contribution is -2.40. The van der Waals surface area contributed by atoms with E-state index in [9.17, 15) is 4.79 Å². The number of anilines is 1. The lowest BCUT2D eigenvalue weighted by molar-refractivity contribution is 0.0738. The molecule has 1 amide bonds. The van der Waals surface area contributed by atoms with Crippen LogP contribution in [0.15, 0.2) is 6.20 Å². The molecule has 0 radical (unpaired) electrons. The molecular formula is C13H21N5O. The van der Waals surface area contributed by atoms with Gasteiger partial charge in [0.15, 0.2) is 5.69 Å². The molecule has 2 fully saturated rings. The van der Waals surface area contributed by atoms with Crippen LogP contribution in [0.25, 0.3) is 0 Å². The number of hydrogen-bond acceptors (Lipinski definition) is 4. The molecule has 2 aliphatic rings. The fourth-order valence-electron chi connectivity index (χ4n) is 3.21. The van der Waals surface area contributed by atoms with Crippen molar-refractivity contribution >= 4 is 11.6 Å². The number of aryl methyl sites for hydroxylation is 1. The van der Waals surface area contributed by atoms with Crippen molar-refractivity contribution in [2.24, 2.45) is 7.05 Å². The molecule has 0 aliphatic carbocycles. The van der Waals surface area contributed by atoms with Gasteiger partial charge in [-0.25, -0.2) is 0 Å². The number of rotatable bonds is 1. The molecule has 3 heterocycles. The number of aromatic nitrogens is 2. The Balaban J connectivity index is 1.77. The summed E-state index contributed by atoms with van der Waals surface area (Å²) in [6.07, 6.45) is 5.17. The van der Waals surface area contributed by atoms with Crippen LogP contribution >= 0.6 is 0 Å². The summed E-state index contributed by atoms with van der Waals surface area (Å²) in [4.78, 5) is 17.0. The number of nitrogens with zero attached hydrogens (tertiary/aromatic N) is 4. The fraction of sp³-hybridized carbons (Fsp3) is 0.692. The Labute approximate surface area is 113 Å². The average molecular weight is 263 g/mol. The minimum absolute atomic E-state index is 0.0214. The van der Waals surface area contributed by atoms with Gasteiger partial charge in [0.2, 0.25) is 0 Å². The van der Waals surface area contributed by atoms with Gasteiger partial charge in [0.25, 0.3) is 5.91 Å². The first-order valence-corrected chi connectivity index (χ1v) is 6.97. The summed E-state index contributed by atoms with van der Waals surface area (Å²) in [6.45, 7) is 3.90. The molecule has 0 bridgehead atoms. The average Bonchev–Trinajstić information content (AvgIpc) is 2.89. The second-order valence-corrected chi connectivity index (χ2v) is 5.54. The van der Waals surface area contributed by atoms with E-state index in [4.69, 9.17) is 5.73 Å². The van der Waals surface area contributed by atoms with Gasteiger partial charge in [-0.15, -0.1) is 0 Å². The van der Waals surface area contributed by atoms with Crippen LogP contribution in [0, 0.1) is 0 Å². The first-order valence-electron chi connectivity index (χ1n) is 6.97. The van der Waals surface area contributed by atoms with E-state index in [0.717, 1.165) is 26.1 Å². The molecule has 2 aliphatic heterocycles. The second kappa shape index (κ2) is 4.85. The molecular weight excluding hydrogens is 242 g/mol. The van der Waals surface area contributed by atoms with Gasteiger partial charge in [-0.3, -0.25) is 14.4 Å². The number of nitrogens with two attached hydrogens (primary N) is 1. The van der Waals surface area contributed by atoms with Gasteiger partial charge < -0.3 is 10.6 Å². The molecule has 2 saturated heterocycles. The summed E-state index contributed by atoms with van der Waals surface area (Å²) in [5.41, 5.74) is 6.72. The molecule has 6 heteroatoms. The number of fused-ring (bicyclic) bond motifs is 1. The van der Waals surface area contributed by atoms with Crippen molar-refractivity contribution in [2.75, 3.05) is 31.9 Å². The van der Waals surface area contributed by atoms with E-state index in [0.29, 0.717) is 17.4 Å². The first-order chi connectivity index (χ1) is 9.15. The van der Waals surface area contributed by atoms with E-state index in [1.165, 1.54) is 19.4 Å². The summed E-state index contributed by atoms with van der Waals surface area (Å²) in [5.74, 6) is -0.0214. The van der Waals surface area contributed by atoms with Gasteiger partial charge in [-0.05, 0) is 25.8 Å². The minimum Gasteiger partial charge on any atom is -0.396 e. The van der Waals surface area contributed by atoms with Crippen molar-refractivity contribution < 1.29 is 4.79 Å². The van der Waals surface area contributed by atoms with E-state index >= 15 is 0 Å². The SMILES string of the molecule is Cn1cc(N)c(C(=O)N2CCCN3CCCC3C2)n1. The molecule has 3 rings (SSSR count). The molecule has 104 valence electrons. The van der Waals surface area contributed by atoms with Crippen molar-refractivity contribution in [3.63, 3.8) is 0 Å². The Bertz CT molecular complexity index is 483.